The topological polar surface area (TPSA) is 177 Å². The molecule has 79 heavy (non-hydrogen) atoms. The van der Waals surface area contributed by atoms with Crippen LogP contribution in [0.2, 0.25) is 0 Å². The maximum absolute atomic E-state index is 14.1. The smallest absolute Gasteiger partial charge is 0.504 e. The summed E-state index contributed by atoms with van der Waals surface area (Å²) < 4.78 is 36.1. The van der Waals surface area contributed by atoms with Gasteiger partial charge in [-0.15, -0.1) is 0 Å². The molecule has 0 saturated carbocycles. The number of ether oxygens (including phenoxy) is 6. The molecule has 11 rings (SSSR count). The van der Waals surface area contributed by atoms with Crippen LogP contribution in [0.4, 0.5) is 4.79 Å². The Balaban J connectivity index is 0.000000188. The first-order valence-electron chi connectivity index (χ1n) is 26.6. The number of phenols is 1. The zero-order valence-corrected chi connectivity index (χ0v) is 47.0. The van der Waals surface area contributed by atoms with Crippen LogP contribution >= 0.6 is 21.6 Å². The van der Waals surface area contributed by atoms with Gasteiger partial charge in [0.15, 0.2) is 34.6 Å². The maximum Gasteiger partial charge on any atom is 0.514 e. The van der Waals surface area contributed by atoms with E-state index in [0.717, 1.165) is 92.5 Å². The van der Waals surface area contributed by atoms with Crippen molar-refractivity contribution in [1.29, 1.82) is 0 Å². The van der Waals surface area contributed by atoms with E-state index in [0.29, 0.717) is 98.4 Å². The van der Waals surface area contributed by atoms with Gasteiger partial charge in [0.25, 0.3) is 11.1 Å². The van der Waals surface area contributed by atoms with Crippen LogP contribution in [0.3, 0.4) is 0 Å². The van der Waals surface area contributed by atoms with Gasteiger partial charge in [0.1, 0.15) is 6.61 Å². The number of pyridine rings is 2. The highest BCUT2D eigenvalue weighted by molar-refractivity contribution is 8.76. The summed E-state index contributed by atoms with van der Waals surface area (Å²) in [7, 11) is 6.11. The molecule has 412 valence electrons. The second kappa shape index (κ2) is 24.2. The number of carbonyl (C=O) groups is 3. The molecule has 0 radical (unpaired) electrons. The minimum absolute atomic E-state index is 0.0799. The summed E-state index contributed by atoms with van der Waals surface area (Å²) in [5.41, 5.74) is 7.95. The highest BCUT2D eigenvalue weighted by Gasteiger charge is 2.37. The number of ketones is 2. The third-order valence-corrected chi connectivity index (χ3v) is 17.6. The fourth-order valence-corrected chi connectivity index (χ4v) is 12.7. The SMILES string of the molecule is COc1cc2c(cc1O)C(=O)c1c-2n(CCCN2CCOCC2)c(=O)c2cc(C)c(C)cc12.COc1cc2c(cc1OC(=O)OCCSSc1ccccc1)C(=O)c1c-2n(CCCN2CCOCC2)c(=O)c2cc(C)c(C)cc12. The molecule has 0 bridgehead atoms. The van der Waals surface area contributed by atoms with Crippen LogP contribution in [-0.2, 0) is 27.3 Å². The summed E-state index contributed by atoms with van der Waals surface area (Å²) in [4.78, 5) is 73.9. The molecule has 1 N–H and O–H groups in total. The van der Waals surface area contributed by atoms with Crippen molar-refractivity contribution < 1.29 is 47.9 Å². The van der Waals surface area contributed by atoms with Crippen molar-refractivity contribution in [2.75, 3.05) is 92.3 Å². The number of fused-ring (bicyclic) bond motifs is 10. The van der Waals surface area contributed by atoms with Crippen molar-refractivity contribution in [2.24, 2.45) is 0 Å². The number of hydrogen-bond donors (Lipinski definition) is 1. The number of aromatic nitrogens is 2. The summed E-state index contributed by atoms with van der Waals surface area (Å²) >= 11 is 0. The van der Waals surface area contributed by atoms with E-state index in [-0.39, 0.29) is 52.3 Å². The molecule has 2 aromatic heterocycles. The largest absolute Gasteiger partial charge is 0.514 e. The monoisotopic (exact) mass is 1110 g/mol. The average molecular weight is 1110 g/mol. The number of phenolic OH excluding ortho intramolecular Hbond substituents is 1. The minimum atomic E-state index is -0.886. The molecule has 0 unspecified atom stereocenters. The molecule has 5 aromatic carbocycles. The number of rotatable bonds is 16. The molecule has 4 heterocycles. The van der Waals surface area contributed by atoms with Crippen molar-refractivity contribution in [3.05, 3.63) is 144 Å². The third kappa shape index (κ3) is 11.3. The molecule has 0 spiro atoms. The second-order valence-corrected chi connectivity index (χ2v) is 22.6. The number of aryl methyl sites for hydroxylation is 4. The van der Waals surface area contributed by atoms with Crippen molar-refractivity contribution in [3.63, 3.8) is 0 Å². The van der Waals surface area contributed by atoms with Crippen LogP contribution in [-0.4, -0.2) is 134 Å². The Morgan fingerprint density at radius 2 is 1.03 bits per heavy atom. The van der Waals surface area contributed by atoms with Crippen molar-refractivity contribution in [1.82, 2.24) is 18.9 Å². The zero-order chi connectivity index (χ0) is 55.5. The molecular weight excluding hydrogens is 1040 g/mol. The summed E-state index contributed by atoms with van der Waals surface area (Å²) in [6.45, 7) is 17.0. The Hall–Kier alpha value is -6.93. The molecular formula is C61H64N4O12S2. The highest BCUT2D eigenvalue weighted by Crippen LogP contribution is 2.46. The van der Waals surface area contributed by atoms with Gasteiger partial charge in [-0.3, -0.25) is 29.0 Å². The number of morpholine rings is 2. The van der Waals surface area contributed by atoms with Gasteiger partial charge in [-0.1, -0.05) is 51.9 Å². The Kier molecular flexibility index (Phi) is 17.0. The highest BCUT2D eigenvalue weighted by atomic mass is 33.1. The summed E-state index contributed by atoms with van der Waals surface area (Å²) in [5.74, 6) is 0.702. The summed E-state index contributed by atoms with van der Waals surface area (Å²) in [5, 5.41) is 12.7. The maximum atomic E-state index is 14.1. The Morgan fingerprint density at radius 1 is 0.570 bits per heavy atom. The van der Waals surface area contributed by atoms with Gasteiger partial charge in [-0.25, -0.2) is 4.79 Å². The molecule has 2 saturated heterocycles. The molecule has 4 aliphatic rings. The summed E-state index contributed by atoms with van der Waals surface area (Å²) in [6, 6.07) is 23.9. The normalized spacial score (nSPS) is 14.9. The van der Waals surface area contributed by atoms with E-state index in [1.54, 1.807) is 42.9 Å². The average Bonchev–Trinajstić information content (AvgIpc) is 3.86. The van der Waals surface area contributed by atoms with E-state index >= 15 is 0 Å². The van der Waals surface area contributed by atoms with E-state index in [4.69, 9.17) is 28.4 Å². The Morgan fingerprint density at radius 3 is 1.52 bits per heavy atom. The number of methoxy groups -OCH3 is 2. The number of hydrogen-bond acceptors (Lipinski definition) is 16. The van der Waals surface area contributed by atoms with Crippen molar-refractivity contribution >= 4 is 60.9 Å². The minimum Gasteiger partial charge on any atom is -0.504 e. The molecule has 0 amide bonds. The molecule has 2 aliphatic heterocycles. The van der Waals surface area contributed by atoms with Crippen LogP contribution in [0.25, 0.3) is 44.1 Å². The first-order valence-corrected chi connectivity index (χ1v) is 29.0. The quantitative estimate of drug-likeness (QED) is 0.0418. The zero-order valence-electron chi connectivity index (χ0n) is 45.4. The van der Waals surface area contributed by atoms with Gasteiger partial charge >= 0.3 is 6.16 Å². The van der Waals surface area contributed by atoms with E-state index in [9.17, 15) is 29.1 Å². The molecule has 7 aromatic rings. The number of benzene rings is 5. The molecule has 2 aliphatic carbocycles. The van der Waals surface area contributed by atoms with Crippen LogP contribution < -0.4 is 25.3 Å². The lowest BCUT2D eigenvalue weighted by Crippen LogP contribution is -2.37. The van der Waals surface area contributed by atoms with E-state index < -0.39 is 6.16 Å². The second-order valence-electron chi connectivity index (χ2n) is 20.1. The fourth-order valence-electron chi connectivity index (χ4n) is 10.9. The third-order valence-electron chi connectivity index (χ3n) is 15.2. The predicted octanol–water partition coefficient (Wildman–Crippen LogP) is 9.78. The fraction of sp³-hybridized carbons (Fsp3) is 0.361. The number of nitrogens with zero attached hydrogens (tertiary/aromatic N) is 4. The molecule has 18 heteroatoms. The Labute approximate surface area is 465 Å². The van der Waals surface area contributed by atoms with Crippen molar-refractivity contribution in [2.45, 2.75) is 58.5 Å². The van der Waals surface area contributed by atoms with Crippen LogP contribution in [0.15, 0.2) is 93.3 Å². The van der Waals surface area contributed by atoms with E-state index in [1.807, 2.05) is 82.3 Å². The van der Waals surface area contributed by atoms with Gasteiger partial charge in [0, 0.05) is 107 Å². The standard InChI is InChI=1S/C35H36N2O7S2.C26H28N2O5/c1-22-18-25-28(19-23(22)2)34(39)37(11-7-10-36-12-14-42-15-13-36)32-26-20-29(41-3)30(21-27(26)33(38)31(25)32)44-35(40)43-16-17-45-46-24-8-5-4-6-9-24;1-15-11-17-20(12-16(15)2)26(31)28(6-4-5-27-7-9-33-10-8-27)24-18-14-22(32-3)21(29)13-19(18)25(30)23(17)24/h4-6,8-9,18-21H,7,10-17H2,1-3H3;11-14,29H,4-10H2,1-3H3. The van der Waals surface area contributed by atoms with E-state index in [2.05, 4.69) is 9.80 Å². The summed E-state index contributed by atoms with van der Waals surface area (Å²) in [6.07, 6.45) is 0.628. The molecule has 0 atom stereocenters. The van der Waals surface area contributed by atoms with Gasteiger partial charge in [-0.05, 0) is 111 Å². The Bertz CT molecular complexity index is 3640. The lowest BCUT2D eigenvalue weighted by Gasteiger charge is -2.26. The molecule has 2 fully saturated rings. The molecule has 16 nitrogen and oxygen atoms in total. The van der Waals surface area contributed by atoms with Gasteiger partial charge in [0.05, 0.1) is 63.2 Å². The van der Waals surface area contributed by atoms with Crippen LogP contribution in [0.5, 0.6) is 23.0 Å². The lowest BCUT2D eigenvalue weighted by molar-refractivity contribution is 0.0368. The first kappa shape index (κ1) is 55.4. The van der Waals surface area contributed by atoms with Crippen LogP contribution in [0, 0.1) is 27.7 Å². The number of carbonyl (C=O) groups excluding carboxylic acids is 3. The van der Waals surface area contributed by atoms with E-state index in [1.165, 1.54) is 26.4 Å². The first-order chi connectivity index (χ1) is 38.3. The van der Waals surface area contributed by atoms with Gasteiger partial charge < -0.3 is 42.7 Å². The predicted molar refractivity (Wildman–Crippen MR) is 308 cm³/mol. The lowest BCUT2D eigenvalue weighted by atomic mass is 9.98. The van der Waals surface area contributed by atoms with Gasteiger partial charge in [-0.2, -0.15) is 0 Å². The van der Waals surface area contributed by atoms with Gasteiger partial charge in [0.2, 0.25) is 0 Å². The van der Waals surface area contributed by atoms with Crippen molar-refractivity contribution in [3.8, 4) is 45.5 Å². The van der Waals surface area contributed by atoms with Crippen LogP contribution in [0.1, 0.15) is 66.9 Å². The number of aromatic hydroxyl groups is 1.